The number of fused-ring (bicyclic) bond motifs is 2. The lowest BCUT2D eigenvalue weighted by Gasteiger charge is -2.09. The third kappa shape index (κ3) is 4.29. The summed E-state index contributed by atoms with van der Waals surface area (Å²) in [5.41, 5.74) is 1.12. The lowest BCUT2D eigenvalue weighted by molar-refractivity contribution is -0.143. The van der Waals surface area contributed by atoms with Crippen molar-refractivity contribution < 1.29 is 33.0 Å². The smallest absolute Gasteiger partial charge is 0.326 e. The molecular weight excluding hydrogens is 448 g/mol. The van der Waals surface area contributed by atoms with Crippen LogP contribution in [0.4, 0.5) is 0 Å². The number of ether oxygens (including phenoxy) is 4. The van der Waals surface area contributed by atoms with Crippen LogP contribution in [-0.4, -0.2) is 44.4 Å². The fraction of sp³-hybridized carbons (Fsp3) is 0.261. The van der Waals surface area contributed by atoms with Gasteiger partial charge in [0.25, 0.3) is 0 Å². The van der Waals surface area contributed by atoms with Crippen molar-refractivity contribution in [2.45, 2.75) is 13.5 Å². The molecule has 9 nitrogen and oxygen atoms in total. The van der Waals surface area contributed by atoms with Gasteiger partial charge in [-0.25, -0.2) is 0 Å². The van der Waals surface area contributed by atoms with Gasteiger partial charge in [-0.15, -0.1) is 0 Å². The zero-order valence-electron chi connectivity index (χ0n) is 18.5. The van der Waals surface area contributed by atoms with E-state index in [2.05, 4.69) is 4.99 Å². The van der Waals surface area contributed by atoms with Crippen molar-refractivity contribution in [3.05, 3.63) is 47.0 Å². The molecule has 4 rings (SSSR count). The molecule has 0 saturated carbocycles. The molecule has 0 aliphatic rings. The van der Waals surface area contributed by atoms with E-state index in [1.54, 1.807) is 35.8 Å². The Hall–Kier alpha value is -3.79. The number of methoxy groups -OCH3 is 3. The second-order valence-electron chi connectivity index (χ2n) is 6.86. The molecule has 2 aromatic heterocycles. The highest BCUT2D eigenvalue weighted by Crippen LogP contribution is 2.33. The summed E-state index contributed by atoms with van der Waals surface area (Å²) in [7, 11) is 4.59. The normalized spacial score (nSPS) is 11.7. The molecule has 0 aliphatic carbocycles. The van der Waals surface area contributed by atoms with Crippen molar-refractivity contribution in [1.82, 2.24) is 4.57 Å². The molecule has 1 amide bonds. The molecule has 33 heavy (non-hydrogen) atoms. The van der Waals surface area contributed by atoms with Crippen molar-refractivity contribution in [1.29, 1.82) is 0 Å². The van der Waals surface area contributed by atoms with Crippen LogP contribution < -0.4 is 19.0 Å². The number of nitrogens with zero attached hydrogens (tertiary/aromatic N) is 2. The number of rotatable bonds is 7. The number of thiazole rings is 1. The molecule has 0 spiro atoms. The second-order valence-corrected chi connectivity index (χ2v) is 7.87. The SMILES string of the molecule is CCOC(=O)Cn1c(=NC(=O)c2cc3cccc(OC)c3o2)sc2cc(OC)c(OC)cc21. The molecule has 0 N–H and O–H groups in total. The van der Waals surface area contributed by atoms with Gasteiger partial charge in [-0.05, 0) is 19.1 Å². The van der Waals surface area contributed by atoms with E-state index >= 15 is 0 Å². The van der Waals surface area contributed by atoms with Crippen LogP contribution in [0.3, 0.4) is 0 Å². The van der Waals surface area contributed by atoms with Crippen molar-refractivity contribution >= 4 is 44.4 Å². The van der Waals surface area contributed by atoms with Crippen LogP contribution in [0.2, 0.25) is 0 Å². The largest absolute Gasteiger partial charge is 0.493 e. The van der Waals surface area contributed by atoms with Crippen LogP contribution in [0.5, 0.6) is 17.2 Å². The Morgan fingerprint density at radius 1 is 1.03 bits per heavy atom. The average Bonchev–Trinajstić information content (AvgIpc) is 3.39. The standard InChI is InChI=1S/C23H22N2O7S/c1-5-31-20(26)12-25-14-10-16(29-3)17(30-4)11-19(14)33-23(25)24-22(27)18-9-13-7-6-8-15(28-2)21(13)32-18/h6-11H,5,12H2,1-4H3. The van der Waals surface area contributed by atoms with Gasteiger partial charge in [-0.1, -0.05) is 23.5 Å². The number of aromatic nitrogens is 1. The third-order valence-corrected chi connectivity index (χ3v) is 5.96. The van der Waals surface area contributed by atoms with Crippen LogP contribution in [-0.2, 0) is 16.1 Å². The second kappa shape index (κ2) is 9.37. The predicted molar refractivity (Wildman–Crippen MR) is 122 cm³/mol. The maximum absolute atomic E-state index is 13.0. The molecule has 0 bridgehead atoms. The van der Waals surface area contributed by atoms with E-state index in [-0.39, 0.29) is 18.9 Å². The number of carbonyl (C=O) groups excluding carboxylic acids is 2. The van der Waals surface area contributed by atoms with Crippen LogP contribution >= 0.6 is 11.3 Å². The lowest BCUT2D eigenvalue weighted by atomic mass is 10.2. The molecule has 172 valence electrons. The summed E-state index contributed by atoms with van der Waals surface area (Å²) in [6.45, 7) is 1.85. The van der Waals surface area contributed by atoms with E-state index in [4.69, 9.17) is 23.4 Å². The number of hydrogen-bond donors (Lipinski definition) is 0. The third-order valence-electron chi connectivity index (χ3n) is 4.92. The first-order chi connectivity index (χ1) is 16.0. The molecule has 2 aromatic carbocycles. The number of para-hydroxylation sites is 1. The Morgan fingerprint density at radius 3 is 2.45 bits per heavy atom. The van der Waals surface area contributed by atoms with Gasteiger partial charge in [0.1, 0.15) is 6.54 Å². The highest BCUT2D eigenvalue weighted by atomic mass is 32.1. The minimum Gasteiger partial charge on any atom is -0.493 e. The number of esters is 1. The van der Waals surface area contributed by atoms with Crippen molar-refractivity contribution in [2.24, 2.45) is 4.99 Å². The van der Waals surface area contributed by atoms with Gasteiger partial charge in [-0.2, -0.15) is 4.99 Å². The summed E-state index contributed by atoms with van der Waals surface area (Å²) >= 11 is 1.24. The minimum atomic E-state index is -0.587. The Morgan fingerprint density at radius 2 is 1.76 bits per heavy atom. The summed E-state index contributed by atoms with van der Waals surface area (Å²) < 4.78 is 29.3. The van der Waals surface area contributed by atoms with E-state index < -0.39 is 11.9 Å². The molecule has 4 aromatic rings. The van der Waals surface area contributed by atoms with Gasteiger partial charge < -0.3 is 27.9 Å². The summed E-state index contributed by atoms with van der Waals surface area (Å²) in [4.78, 5) is 29.8. The zero-order valence-corrected chi connectivity index (χ0v) is 19.4. The Balaban J connectivity index is 1.85. The number of benzene rings is 2. The van der Waals surface area contributed by atoms with Gasteiger partial charge in [0.2, 0.25) is 0 Å². The lowest BCUT2D eigenvalue weighted by Crippen LogP contribution is -2.23. The van der Waals surface area contributed by atoms with E-state index in [9.17, 15) is 9.59 Å². The van der Waals surface area contributed by atoms with Crippen LogP contribution in [0, 0.1) is 0 Å². The molecule has 2 heterocycles. The van der Waals surface area contributed by atoms with Crippen molar-refractivity contribution in [2.75, 3.05) is 27.9 Å². The van der Waals surface area contributed by atoms with Crippen molar-refractivity contribution in [3.8, 4) is 17.2 Å². The highest BCUT2D eigenvalue weighted by molar-refractivity contribution is 7.16. The molecule has 0 radical (unpaired) electrons. The maximum Gasteiger partial charge on any atom is 0.326 e. The molecule has 0 aliphatic heterocycles. The van der Waals surface area contributed by atoms with Crippen LogP contribution in [0.15, 0.2) is 45.8 Å². The summed E-state index contributed by atoms with van der Waals surface area (Å²) in [6, 6.07) is 10.5. The maximum atomic E-state index is 13.0. The summed E-state index contributed by atoms with van der Waals surface area (Å²) in [6.07, 6.45) is 0. The molecule has 0 unspecified atom stereocenters. The summed E-state index contributed by atoms with van der Waals surface area (Å²) in [5.74, 6) is 0.555. The molecule has 0 fully saturated rings. The first kappa shape index (κ1) is 22.4. The Labute approximate surface area is 192 Å². The molecule has 0 saturated heterocycles. The fourth-order valence-corrected chi connectivity index (χ4v) is 4.45. The first-order valence-electron chi connectivity index (χ1n) is 10.1. The monoisotopic (exact) mass is 470 g/mol. The topological polar surface area (TPSA) is 101 Å². The van der Waals surface area contributed by atoms with Crippen LogP contribution in [0.1, 0.15) is 17.5 Å². The molecular formula is C23H22N2O7S. The van der Waals surface area contributed by atoms with E-state index in [0.717, 1.165) is 10.1 Å². The number of furan rings is 1. The highest BCUT2D eigenvalue weighted by Gasteiger charge is 2.18. The fourth-order valence-electron chi connectivity index (χ4n) is 3.41. The van der Waals surface area contributed by atoms with Gasteiger partial charge in [0.05, 0.1) is 38.2 Å². The summed E-state index contributed by atoms with van der Waals surface area (Å²) in [5, 5.41) is 0.720. The number of hydrogen-bond acceptors (Lipinski definition) is 8. The Kier molecular flexibility index (Phi) is 6.36. The van der Waals surface area contributed by atoms with Crippen molar-refractivity contribution in [3.63, 3.8) is 0 Å². The zero-order chi connectivity index (χ0) is 23.5. The molecule has 0 atom stereocenters. The number of carbonyl (C=O) groups is 2. The van der Waals surface area contributed by atoms with Gasteiger partial charge in [-0.3, -0.25) is 9.59 Å². The van der Waals surface area contributed by atoms with Crippen LogP contribution in [0.25, 0.3) is 21.2 Å². The number of amides is 1. The predicted octanol–water partition coefficient (Wildman–Crippen LogP) is 3.78. The first-order valence-corrected chi connectivity index (χ1v) is 10.9. The average molecular weight is 471 g/mol. The Bertz CT molecular complexity index is 1410. The van der Waals surface area contributed by atoms with E-state index in [1.165, 1.54) is 32.7 Å². The van der Waals surface area contributed by atoms with E-state index in [0.29, 0.717) is 33.1 Å². The molecule has 10 heteroatoms. The van der Waals surface area contributed by atoms with E-state index in [1.807, 2.05) is 12.1 Å². The van der Waals surface area contributed by atoms with Gasteiger partial charge in [0, 0.05) is 17.5 Å². The minimum absolute atomic E-state index is 0.0600. The van der Waals surface area contributed by atoms with Gasteiger partial charge >= 0.3 is 11.9 Å². The quantitative estimate of drug-likeness (QED) is 0.379. The van der Waals surface area contributed by atoms with Gasteiger partial charge in [0.15, 0.2) is 33.4 Å².